The maximum atomic E-state index is 11.0. The number of thiol groups is 1. The molecule has 10 heteroatoms. The van der Waals surface area contributed by atoms with E-state index in [4.69, 9.17) is 15.3 Å². The van der Waals surface area contributed by atoms with E-state index < -0.39 is 52.1 Å². The third-order valence-corrected chi connectivity index (χ3v) is 3.35. The van der Waals surface area contributed by atoms with E-state index in [1.165, 1.54) is 0 Å². The number of hydrogen-bond acceptors (Lipinski definition) is 6. The number of rotatable bonds is 8. The minimum absolute atomic E-state index is 0.272. The van der Waals surface area contributed by atoms with Crippen molar-refractivity contribution in [1.82, 2.24) is 0 Å². The molecule has 0 aliphatic rings. The summed E-state index contributed by atoms with van der Waals surface area (Å²) in [6, 6.07) is 0. The zero-order valence-electron chi connectivity index (χ0n) is 8.81. The summed E-state index contributed by atoms with van der Waals surface area (Å²) in [5, 5.41) is 23.8. The van der Waals surface area contributed by atoms with Gasteiger partial charge in [0.05, 0.1) is 12.8 Å². The van der Waals surface area contributed by atoms with Gasteiger partial charge in [0.25, 0.3) is 0 Å². The van der Waals surface area contributed by atoms with Gasteiger partial charge < -0.3 is 20.1 Å². The van der Waals surface area contributed by atoms with Gasteiger partial charge in [-0.2, -0.15) is 0 Å². The molecule has 0 bridgehead atoms. The van der Waals surface area contributed by atoms with Crippen LogP contribution in [0.25, 0.3) is 0 Å². The number of aldehydes is 1. The van der Waals surface area contributed by atoms with Crippen molar-refractivity contribution in [3.05, 3.63) is 0 Å². The maximum absolute atomic E-state index is 11.0. The molecule has 0 fully saturated rings. The molecule has 18 heavy (non-hydrogen) atoms. The second-order valence-corrected chi connectivity index (χ2v) is 4.60. The lowest BCUT2D eigenvalue weighted by Gasteiger charge is -2.27. The number of carboxylic acid groups (broad SMARTS) is 3. The molecule has 1 atom stereocenters. The van der Waals surface area contributed by atoms with Crippen LogP contribution in [0.15, 0.2) is 0 Å². The lowest BCUT2D eigenvalue weighted by atomic mass is 9.78. The molecular formula is C8H10O9S. The molecular weight excluding hydrogens is 272 g/mol. The fraction of sp³-hybridized carbons (Fsp3) is 0.500. The lowest BCUT2D eigenvalue weighted by Crippen LogP contribution is -2.47. The first-order chi connectivity index (χ1) is 8.17. The Balaban J connectivity index is 5.86. The average Bonchev–Trinajstić information content (AvgIpc) is 2.14. The van der Waals surface area contributed by atoms with Crippen LogP contribution >= 0.6 is 0 Å². The molecule has 0 aromatic carbocycles. The van der Waals surface area contributed by atoms with Gasteiger partial charge in [0.1, 0.15) is 17.0 Å². The summed E-state index contributed by atoms with van der Waals surface area (Å²) in [5.41, 5.74) is -2.71. The summed E-state index contributed by atoms with van der Waals surface area (Å²) in [6.45, 7) is 0. The van der Waals surface area contributed by atoms with Crippen molar-refractivity contribution in [1.29, 1.82) is 0 Å². The molecule has 0 saturated carbocycles. The van der Waals surface area contributed by atoms with Gasteiger partial charge in [0.2, 0.25) is 0 Å². The molecule has 9 nitrogen and oxygen atoms in total. The van der Waals surface area contributed by atoms with E-state index in [0.29, 0.717) is 0 Å². The Morgan fingerprint density at radius 1 is 1.06 bits per heavy atom. The molecule has 0 amide bonds. The monoisotopic (exact) mass is 282 g/mol. The van der Waals surface area contributed by atoms with Crippen molar-refractivity contribution in [3.8, 4) is 0 Å². The maximum Gasteiger partial charge on any atom is 0.312 e. The van der Waals surface area contributed by atoms with Crippen LogP contribution in [0.1, 0.15) is 12.8 Å². The van der Waals surface area contributed by atoms with Crippen LogP contribution in [0.2, 0.25) is 0 Å². The van der Waals surface area contributed by atoms with E-state index in [0.717, 1.165) is 0 Å². The topological polar surface area (TPSA) is 163 Å². The molecule has 0 rings (SSSR count). The van der Waals surface area contributed by atoms with Crippen LogP contribution in [0.5, 0.6) is 0 Å². The molecule has 1 unspecified atom stereocenters. The predicted molar refractivity (Wildman–Crippen MR) is 54.7 cm³/mol. The van der Waals surface area contributed by atoms with Gasteiger partial charge in [-0.05, 0) is 0 Å². The highest BCUT2D eigenvalue weighted by atomic mass is 32.2. The van der Waals surface area contributed by atoms with E-state index in [1.54, 1.807) is 0 Å². The summed E-state index contributed by atoms with van der Waals surface area (Å²) in [4.78, 5) is 42.8. The largest absolute Gasteiger partial charge is 0.481 e. The Hall–Kier alpha value is -1.97. The van der Waals surface area contributed by atoms with Crippen LogP contribution in [0, 0.1) is 5.41 Å². The van der Waals surface area contributed by atoms with Gasteiger partial charge in [0, 0.05) is 0 Å². The predicted octanol–water partition coefficient (Wildman–Crippen LogP) is -1.81. The Morgan fingerprint density at radius 3 is 1.61 bits per heavy atom. The third kappa shape index (κ3) is 3.52. The summed E-state index contributed by atoms with van der Waals surface area (Å²) in [5.74, 6) is -5.41. The highest BCUT2D eigenvalue weighted by molar-refractivity contribution is 7.74. The molecule has 0 spiro atoms. The van der Waals surface area contributed by atoms with Crippen LogP contribution in [0.3, 0.4) is 0 Å². The standard InChI is InChI=1S/C8H10O9S/c9-3-4(18(16)17)8(7(14)15,1-5(10)11)2-6(12)13/h3-4,18H,1-2H2,(H,10,11)(H,12,13)(H,14,15). The van der Waals surface area contributed by atoms with Crippen molar-refractivity contribution in [2.75, 3.05) is 0 Å². The van der Waals surface area contributed by atoms with Gasteiger partial charge in [0.15, 0.2) is 10.7 Å². The summed E-state index contributed by atoms with van der Waals surface area (Å²) in [6.07, 6.45) is -2.85. The van der Waals surface area contributed by atoms with Crippen LogP contribution in [-0.2, 0) is 29.9 Å². The first-order valence-electron chi connectivity index (χ1n) is 4.43. The minimum atomic E-state index is -3.62. The molecule has 0 aromatic heterocycles. The van der Waals surface area contributed by atoms with Gasteiger partial charge in [-0.25, -0.2) is 8.42 Å². The zero-order valence-corrected chi connectivity index (χ0v) is 9.70. The molecule has 0 radical (unpaired) electrons. The molecule has 0 aromatic rings. The number of carboxylic acids is 3. The second-order valence-electron chi connectivity index (χ2n) is 3.47. The molecule has 0 aliphatic heterocycles. The van der Waals surface area contributed by atoms with Crippen molar-refractivity contribution in [2.45, 2.75) is 18.1 Å². The Bertz CT molecular complexity index is 425. The highest BCUT2D eigenvalue weighted by Crippen LogP contribution is 2.33. The summed E-state index contributed by atoms with van der Waals surface area (Å²) in [7, 11) is -3.62. The fourth-order valence-corrected chi connectivity index (χ4v) is 2.27. The minimum Gasteiger partial charge on any atom is -0.481 e. The van der Waals surface area contributed by atoms with E-state index in [9.17, 15) is 27.6 Å². The first kappa shape index (κ1) is 16.0. The SMILES string of the molecule is O=CC([SH](=O)=O)C(CC(=O)O)(CC(=O)O)C(=O)O. The number of aliphatic carboxylic acids is 3. The third-order valence-electron chi connectivity index (χ3n) is 2.28. The average molecular weight is 282 g/mol. The van der Waals surface area contributed by atoms with Crippen molar-refractivity contribution in [2.24, 2.45) is 5.41 Å². The summed E-state index contributed by atoms with van der Waals surface area (Å²) >= 11 is 0. The Morgan fingerprint density at radius 2 is 1.44 bits per heavy atom. The van der Waals surface area contributed by atoms with E-state index in [2.05, 4.69) is 0 Å². The summed E-state index contributed by atoms with van der Waals surface area (Å²) < 4.78 is 21.6. The van der Waals surface area contributed by atoms with Crippen LogP contribution < -0.4 is 0 Å². The van der Waals surface area contributed by atoms with Crippen LogP contribution in [0.4, 0.5) is 0 Å². The first-order valence-corrected chi connectivity index (χ1v) is 5.68. The van der Waals surface area contributed by atoms with Crippen molar-refractivity contribution in [3.63, 3.8) is 0 Å². The van der Waals surface area contributed by atoms with E-state index >= 15 is 0 Å². The number of carbonyl (C=O) groups excluding carboxylic acids is 1. The van der Waals surface area contributed by atoms with Crippen molar-refractivity contribution >= 4 is 34.9 Å². The Kier molecular flexibility index (Phi) is 5.43. The molecule has 0 saturated heterocycles. The van der Waals surface area contributed by atoms with Gasteiger partial charge >= 0.3 is 17.9 Å². The Labute approximate surface area is 102 Å². The lowest BCUT2D eigenvalue weighted by molar-refractivity contribution is -0.161. The van der Waals surface area contributed by atoms with E-state index in [1.807, 2.05) is 0 Å². The quantitative estimate of drug-likeness (QED) is 0.296. The highest BCUT2D eigenvalue weighted by Gasteiger charge is 2.51. The number of hydrogen-bond donors (Lipinski definition) is 4. The van der Waals surface area contributed by atoms with Gasteiger partial charge in [-0.1, -0.05) is 0 Å². The van der Waals surface area contributed by atoms with Crippen molar-refractivity contribution < 1.29 is 42.9 Å². The van der Waals surface area contributed by atoms with E-state index in [-0.39, 0.29) is 6.29 Å². The molecule has 0 heterocycles. The van der Waals surface area contributed by atoms with Gasteiger partial charge in [-0.15, -0.1) is 0 Å². The zero-order chi connectivity index (χ0) is 14.5. The molecule has 102 valence electrons. The van der Waals surface area contributed by atoms with Crippen LogP contribution in [-0.4, -0.2) is 53.2 Å². The fourth-order valence-electron chi connectivity index (χ4n) is 1.47. The second kappa shape index (κ2) is 6.10. The molecule has 0 aliphatic carbocycles. The smallest absolute Gasteiger partial charge is 0.312 e. The van der Waals surface area contributed by atoms with Gasteiger partial charge in [-0.3, -0.25) is 14.4 Å². The number of carbonyl (C=O) groups is 4. The normalized spacial score (nSPS) is 12.9. The molecule has 3 N–H and O–H groups in total.